The predicted molar refractivity (Wildman–Crippen MR) is 65.6 cm³/mol. The van der Waals surface area contributed by atoms with Gasteiger partial charge in [-0.25, -0.2) is 0 Å². The fourth-order valence-corrected chi connectivity index (χ4v) is 3.21. The summed E-state index contributed by atoms with van der Waals surface area (Å²) >= 11 is 0. The Morgan fingerprint density at radius 3 is 2.11 bits per heavy atom. The zero-order valence-corrected chi connectivity index (χ0v) is 11.5. The molecule has 0 spiro atoms. The molecule has 0 aromatic carbocycles. The second-order valence-corrected chi connectivity index (χ2v) is 7.78. The highest BCUT2D eigenvalue weighted by atomic mass is 31.2. The lowest BCUT2D eigenvalue weighted by Gasteiger charge is -2.38. The molecule has 1 rings (SSSR count). The van der Waals surface area contributed by atoms with Crippen molar-refractivity contribution in [2.45, 2.75) is 44.6 Å². The molecule has 1 aliphatic heterocycles. The van der Waals surface area contributed by atoms with Crippen LogP contribution in [0.1, 0.15) is 13.8 Å². The van der Waals surface area contributed by atoms with E-state index in [9.17, 15) is 25.0 Å². The van der Waals surface area contributed by atoms with Crippen molar-refractivity contribution in [3.05, 3.63) is 0 Å². The average Bonchev–Trinajstić information content (AvgIpc) is 2.38. The first-order chi connectivity index (χ1) is 8.34. The van der Waals surface area contributed by atoms with Crippen molar-refractivity contribution < 1.29 is 29.7 Å². The third kappa shape index (κ3) is 3.51. The second-order valence-electron chi connectivity index (χ2n) is 4.42. The minimum atomic E-state index is -2.50. The third-order valence-electron chi connectivity index (χ3n) is 3.29. The first-order valence-corrected chi connectivity index (χ1v) is 8.13. The van der Waals surface area contributed by atoms with E-state index in [0.29, 0.717) is 12.3 Å². The molecule has 1 heterocycles. The van der Waals surface area contributed by atoms with E-state index in [1.807, 2.05) is 0 Å². The summed E-state index contributed by atoms with van der Waals surface area (Å²) in [4.78, 5) is 0. The van der Waals surface area contributed by atoms with Gasteiger partial charge in [-0.1, -0.05) is 13.8 Å². The van der Waals surface area contributed by atoms with Gasteiger partial charge in [-0.15, -0.1) is 0 Å². The van der Waals surface area contributed by atoms with E-state index >= 15 is 0 Å². The van der Waals surface area contributed by atoms with Gasteiger partial charge >= 0.3 is 0 Å². The summed E-state index contributed by atoms with van der Waals surface area (Å²) in [6, 6.07) is 0. The highest BCUT2D eigenvalue weighted by Gasteiger charge is 2.43. The molecular weight excluding hydrogens is 261 g/mol. The molecule has 0 amide bonds. The summed E-state index contributed by atoms with van der Waals surface area (Å²) in [5.74, 6) is 0. The van der Waals surface area contributed by atoms with Crippen molar-refractivity contribution in [2.75, 3.05) is 18.9 Å². The molecule has 1 aliphatic rings. The zero-order chi connectivity index (χ0) is 13.9. The van der Waals surface area contributed by atoms with E-state index in [2.05, 4.69) is 5.09 Å². The highest BCUT2D eigenvalue weighted by Crippen LogP contribution is 2.39. The average molecular weight is 283 g/mol. The summed E-state index contributed by atoms with van der Waals surface area (Å²) in [7, 11) is -2.50. The number of hydrogen-bond acceptors (Lipinski definition) is 6. The summed E-state index contributed by atoms with van der Waals surface area (Å²) in [6.45, 7) is 3.63. The van der Waals surface area contributed by atoms with Crippen LogP contribution in [-0.4, -0.2) is 70.0 Å². The van der Waals surface area contributed by atoms with Crippen molar-refractivity contribution >= 4 is 7.29 Å². The van der Waals surface area contributed by atoms with Crippen LogP contribution in [0.15, 0.2) is 0 Å². The summed E-state index contributed by atoms with van der Waals surface area (Å²) < 4.78 is 17.1. The van der Waals surface area contributed by atoms with Gasteiger partial charge in [-0.3, -0.25) is 5.09 Å². The van der Waals surface area contributed by atoms with Crippen LogP contribution in [-0.2, 0) is 9.30 Å². The first-order valence-electron chi connectivity index (χ1n) is 6.05. The van der Waals surface area contributed by atoms with Gasteiger partial charge in [0, 0.05) is 18.9 Å². The lowest BCUT2D eigenvalue weighted by Crippen LogP contribution is -2.59. The molecule has 8 heteroatoms. The van der Waals surface area contributed by atoms with Gasteiger partial charge in [0.05, 0.1) is 0 Å². The van der Waals surface area contributed by atoms with Gasteiger partial charge in [0.15, 0.2) is 6.29 Å². The maximum absolute atomic E-state index is 12.1. The van der Waals surface area contributed by atoms with E-state index in [1.165, 1.54) is 0 Å². The molecule has 0 unspecified atom stereocenters. The third-order valence-corrected chi connectivity index (χ3v) is 6.09. The van der Waals surface area contributed by atoms with Gasteiger partial charge in [0.1, 0.15) is 31.7 Å². The van der Waals surface area contributed by atoms with Crippen LogP contribution in [0.4, 0.5) is 0 Å². The van der Waals surface area contributed by atoms with Gasteiger partial charge in [-0.05, 0) is 0 Å². The smallest absolute Gasteiger partial charge is 0.184 e. The minimum Gasteiger partial charge on any atom is -0.388 e. The molecule has 5 atom stereocenters. The molecule has 0 saturated carbocycles. The molecule has 18 heavy (non-hydrogen) atoms. The SMILES string of the molecule is CCP(=O)(CC)NC[C@H]1O[C@H](O)[C@H](O)[C@@H](O)[C@@H]1O. The van der Waals surface area contributed by atoms with E-state index in [1.54, 1.807) is 13.8 Å². The van der Waals surface area contributed by atoms with E-state index in [4.69, 9.17) is 4.74 Å². The molecule has 0 aliphatic carbocycles. The topological polar surface area (TPSA) is 119 Å². The van der Waals surface area contributed by atoms with Crippen LogP contribution in [0, 0.1) is 0 Å². The normalized spacial score (nSPS) is 37.8. The summed E-state index contributed by atoms with van der Waals surface area (Å²) in [5, 5.41) is 40.6. The van der Waals surface area contributed by atoms with Gasteiger partial charge in [0.2, 0.25) is 0 Å². The standard InChI is InChI=1S/C10H22NO6P/c1-3-18(16,4-2)11-5-6-7(12)8(13)9(14)10(15)17-6/h6-10,12-15H,3-5H2,1-2H3,(H,11,16)/t6-,7-,8+,9-,10+/m1/s1. The Kier molecular flexibility index (Phi) is 5.73. The second kappa shape index (κ2) is 6.43. The molecule has 0 radical (unpaired) electrons. The lowest BCUT2D eigenvalue weighted by molar-refractivity contribution is -0.279. The number of ether oxygens (including phenoxy) is 1. The maximum atomic E-state index is 12.1. The van der Waals surface area contributed by atoms with Crippen molar-refractivity contribution in [3.8, 4) is 0 Å². The molecule has 1 saturated heterocycles. The first kappa shape index (κ1) is 16.0. The van der Waals surface area contributed by atoms with Crippen molar-refractivity contribution in [1.82, 2.24) is 5.09 Å². The minimum absolute atomic E-state index is 0.0426. The Morgan fingerprint density at radius 1 is 1.06 bits per heavy atom. The molecule has 7 nitrogen and oxygen atoms in total. The lowest BCUT2D eigenvalue weighted by atomic mass is 9.99. The van der Waals surface area contributed by atoms with Crippen LogP contribution in [0.2, 0.25) is 0 Å². The van der Waals surface area contributed by atoms with Crippen LogP contribution in [0.3, 0.4) is 0 Å². The quantitative estimate of drug-likeness (QED) is 0.398. The van der Waals surface area contributed by atoms with Crippen LogP contribution >= 0.6 is 7.29 Å². The van der Waals surface area contributed by atoms with Gasteiger partial charge in [-0.2, -0.15) is 0 Å². The van der Waals surface area contributed by atoms with Crippen LogP contribution in [0.5, 0.6) is 0 Å². The highest BCUT2D eigenvalue weighted by molar-refractivity contribution is 7.61. The Balaban J connectivity index is 2.59. The Morgan fingerprint density at radius 2 is 1.61 bits per heavy atom. The number of aliphatic hydroxyl groups is 4. The Hall–Kier alpha value is -0.0100. The fourth-order valence-electron chi connectivity index (χ4n) is 1.80. The number of nitrogens with one attached hydrogen (secondary N) is 1. The largest absolute Gasteiger partial charge is 0.388 e. The van der Waals surface area contributed by atoms with E-state index < -0.39 is 38.0 Å². The predicted octanol–water partition coefficient (Wildman–Crippen LogP) is -1.31. The van der Waals surface area contributed by atoms with Crippen LogP contribution in [0.25, 0.3) is 0 Å². The molecule has 0 aromatic rings. The van der Waals surface area contributed by atoms with Crippen LogP contribution < -0.4 is 5.09 Å². The summed E-state index contributed by atoms with van der Waals surface area (Å²) in [5.41, 5.74) is 0. The molecular formula is C10H22NO6P. The maximum Gasteiger partial charge on any atom is 0.184 e. The van der Waals surface area contributed by atoms with Gasteiger partial charge < -0.3 is 29.7 Å². The van der Waals surface area contributed by atoms with Gasteiger partial charge in [0.25, 0.3) is 0 Å². The molecule has 0 bridgehead atoms. The molecule has 0 aromatic heterocycles. The monoisotopic (exact) mass is 283 g/mol. The molecule has 1 fully saturated rings. The van der Waals surface area contributed by atoms with E-state index in [0.717, 1.165) is 0 Å². The number of rotatable bonds is 5. The van der Waals surface area contributed by atoms with Crippen molar-refractivity contribution in [1.29, 1.82) is 0 Å². The zero-order valence-electron chi connectivity index (χ0n) is 10.6. The Bertz CT molecular complexity index is 307. The van der Waals surface area contributed by atoms with Crippen molar-refractivity contribution in [2.24, 2.45) is 0 Å². The van der Waals surface area contributed by atoms with Crippen molar-refractivity contribution in [3.63, 3.8) is 0 Å². The number of hydrogen-bond donors (Lipinski definition) is 5. The molecule has 108 valence electrons. The van der Waals surface area contributed by atoms with E-state index in [-0.39, 0.29) is 6.54 Å². The fraction of sp³-hybridized carbons (Fsp3) is 1.00. The molecule has 5 N–H and O–H groups in total. The Labute approximate surface area is 106 Å². The summed E-state index contributed by atoms with van der Waals surface area (Å²) in [6.07, 6.45) is -5.88. The number of aliphatic hydroxyl groups excluding tert-OH is 4.